The molecule has 0 bridgehead atoms. The topological polar surface area (TPSA) is 58.3 Å². The smallest absolute Gasteiger partial charge is 0.193 e. The van der Waals surface area contributed by atoms with Gasteiger partial charge in [0.15, 0.2) is 5.96 Å². The molecule has 3 rings (SSSR count). The van der Waals surface area contributed by atoms with Gasteiger partial charge < -0.3 is 14.8 Å². The van der Waals surface area contributed by atoms with Crippen molar-refractivity contribution >= 4 is 41.7 Å². The maximum atomic E-state index is 4.47. The number of nitrogens with zero attached hydrogens (tertiary/aromatic N) is 5. The van der Waals surface area contributed by atoms with E-state index in [4.69, 9.17) is 0 Å². The minimum Gasteiger partial charge on any atom is -0.356 e. The van der Waals surface area contributed by atoms with Crippen LogP contribution in [0.25, 0.3) is 0 Å². The van der Waals surface area contributed by atoms with Crippen LogP contribution in [0.15, 0.2) is 52.9 Å². The fourth-order valence-electron chi connectivity index (χ4n) is 3.18. The summed E-state index contributed by atoms with van der Waals surface area (Å²) in [5.41, 5.74) is 0. The minimum absolute atomic E-state index is 0. The van der Waals surface area contributed by atoms with Crippen LogP contribution < -0.4 is 5.32 Å². The van der Waals surface area contributed by atoms with Crippen LogP contribution in [0.3, 0.4) is 0 Å². The number of guanidine groups is 1. The van der Waals surface area contributed by atoms with E-state index in [0.29, 0.717) is 0 Å². The molecule has 6 nitrogen and oxygen atoms in total. The first kappa shape index (κ1) is 22.0. The first-order valence-electron chi connectivity index (χ1n) is 9.31. The van der Waals surface area contributed by atoms with Crippen LogP contribution in [0.5, 0.6) is 0 Å². The maximum absolute atomic E-state index is 4.47. The maximum Gasteiger partial charge on any atom is 0.193 e. The highest BCUT2D eigenvalue weighted by Crippen LogP contribution is 2.25. The number of unbranched alkanes of at least 4 members (excludes halogenated alkanes) is 1. The Morgan fingerprint density at radius 3 is 2.74 bits per heavy atom. The molecule has 1 aromatic carbocycles. The Balaban J connectivity index is 0.00000261. The molecule has 8 heteroatoms. The van der Waals surface area contributed by atoms with Gasteiger partial charge in [-0.05, 0) is 37.3 Å². The van der Waals surface area contributed by atoms with E-state index < -0.39 is 0 Å². The van der Waals surface area contributed by atoms with E-state index in [1.165, 1.54) is 17.1 Å². The van der Waals surface area contributed by atoms with E-state index >= 15 is 0 Å². The van der Waals surface area contributed by atoms with Gasteiger partial charge >= 0.3 is 0 Å². The second-order valence-corrected chi connectivity index (χ2v) is 7.70. The third-order valence-electron chi connectivity index (χ3n) is 4.62. The van der Waals surface area contributed by atoms with Crippen molar-refractivity contribution in [1.29, 1.82) is 0 Å². The molecule has 1 N–H and O–H groups in total. The van der Waals surface area contributed by atoms with Crippen LogP contribution in [-0.4, -0.2) is 58.1 Å². The van der Waals surface area contributed by atoms with Crippen LogP contribution in [0.2, 0.25) is 0 Å². The summed E-state index contributed by atoms with van der Waals surface area (Å²) in [7, 11) is 1.88. The van der Waals surface area contributed by atoms with Crippen LogP contribution in [0.4, 0.5) is 0 Å². The minimum atomic E-state index is 0. The molecule has 0 aliphatic carbocycles. The summed E-state index contributed by atoms with van der Waals surface area (Å²) in [6.07, 6.45) is 7.00. The Morgan fingerprint density at radius 2 is 2.00 bits per heavy atom. The number of likely N-dealkylation sites (tertiary alicyclic amines) is 1. The van der Waals surface area contributed by atoms with Crippen molar-refractivity contribution in [2.45, 2.75) is 30.7 Å². The van der Waals surface area contributed by atoms with Crippen LogP contribution in [0, 0.1) is 5.92 Å². The number of aromatic nitrogens is 3. The molecule has 1 aliphatic rings. The molecule has 2 heterocycles. The van der Waals surface area contributed by atoms with E-state index in [1.807, 2.05) is 23.4 Å². The molecular formula is C19H29IN6S. The Kier molecular flexibility index (Phi) is 9.96. The normalized spacial score (nSPS) is 17.0. The zero-order valence-electron chi connectivity index (χ0n) is 15.8. The molecule has 0 spiro atoms. The van der Waals surface area contributed by atoms with E-state index in [1.54, 1.807) is 12.7 Å². The molecule has 1 saturated heterocycles. The monoisotopic (exact) mass is 500 g/mol. The Hall–Kier alpha value is -1.29. The molecule has 0 saturated carbocycles. The van der Waals surface area contributed by atoms with Crippen molar-refractivity contribution in [2.24, 2.45) is 10.9 Å². The first-order valence-corrected chi connectivity index (χ1v) is 10.3. The van der Waals surface area contributed by atoms with E-state index in [2.05, 4.69) is 55.7 Å². The fourth-order valence-corrected chi connectivity index (χ4v) is 4.23. The van der Waals surface area contributed by atoms with Gasteiger partial charge in [0.2, 0.25) is 0 Å². The first-order chi connectivity index (χ1) is 12.8. The van der Waals surface area contributed by atoms with Crippen LogP contribution >= 0.6 is 35.7 Å². The van der Waals surface area contributed by atoms with Crippen LogP contribution in [-0.2, 0) is 6.54 Å². The average molecular weight is 500 g/mol. The molecule has 1 aliphatic heterocycles. The number of nitrogens with one attached hydrogen (secondary N) is 1. The predicted molar refractivity (Wildman–Crippen MR) is 123 cm³/mol. The van der Waals surface area contributed by atoms with Crippen LogP contribution in [0.1, 0.15) is 19.3 Å². The quantitative estimate of drug-likeness (QED) is 0.198. The summed E-state index contributed by atoms with van der Waals surface area (Å²) in [6, 6.07) is 10.7. The lowest BCUT2D eigenvalue weighted by molar-refractivity contribution is 0.471. The van der Waals surface area contributed by atoms with Gasteiger partial charge in [0.05, 0.1) is 0 Å². The summed E-state index contributed by atoms with van der Waals surface area (Å²) in [5, 5.41) is 11.2. The largest absolute Gasteiger partial charge is 0.356 e. The standard InChI is InChI=1S/C19H28N6S.HI/c1-20-19(21-10-5-6-11-24-15-22-23-16-24)25-12-9-17(13-25)14-26-18-7-3-2-4-8-18;/h2-4,7-8,15-17H,5-6,9-14H2,1H3,(H,20,21);1H. The lowest BCUT2D eigenvalue weighted by atomic mass is 10.2. The van der Waals surface area contributed by atoms with E-state index in [9.17, 15) is 0 Å². The lowest BCUT2D eigenvalue weighted by Crippen LogP contribution is -2.40. The second kappa shape index (κ2) is 12.2. The summed E-state index contributed by atoms with van der Waals surface area (Å²) >= 11 is 1.96. The van der Waals surface area contributed by atoms with E-state index in [-0.39, 0.29) is 24.0 Å². The number of aliphatic imine (C=N–C) groups is 1. The van der Waals surface area contributed by atoms with Gasteiger partial charge in [0.25, 0.3) is 0 Å². The molecule has 2 aromatic rings. The number of benzene rings is 1. The molecule has 0 amide bonds. The van der Waals surface area contributed by atoms with Gasteiger partial charge in [-0.15, -0.1) is 45.9 Å². The third kappa shape index (κ3) is 7.33. The molecule has 0 radical (unpaired) electrons. The Bertz CT molecular complexity index is 664. The number of hydrogen-bond acceptors (Lipinski definition) is 4. The number of aryl methyl sites for hydroxylation is 1. The number of rotatable bonds is 8. The van der Waals surface area contributed by atoms with Crippen molar-refractivity contribution in [1.82, 2.24) is 25.0 Å². The third-order valence-corrected chi connectivity index (χ3v) is 5.86. The number of thioether (sulfide) groups is 1. The van der Waals surface area contributed by atoms with Gasteiger partial charge in [-0.1, -0.05) is 18.2 Å². The van der Waals surface area contributed by atoms with Crippen molar-refractivity contribution in [3.8, 4) is 0 Å². The SMILES string of the molecule is CN=C(NCCCCn1cnnc1)N1CCC(CSc2ccccc2)C1.I. The van der Waals surface area contributed by atoms with Crippen molar-refractivity contribution in [2.75, 3.05) is 32.4 Å². The Labute approximate surface area is 183 Å². The molecular weight excluding hydrogens is 471 g/mol. The van der Waals surface area contributed by atoms with Gasteiger partial charge in [0, 0.05) is 43.9 Å². The van der Waals surface area contributed by atoms with Crippen molar-refractivity contribution in [3.05, 3.63) is 43.0 Å². The predicted octanol–water partition coefficient (Wildman–Crippen LogP) is 3.37. The molecule has 1 atom stereocenters. The van der Waals surface area contributed by atoms with Gasteiger partial charge in [0.1, 0.15) is 12.7 Å². The highest BCUT2D eigenvalue weighted by Gasteiger charge is 2.24. The molecule has 1 unspecified atom stereocenters. The molecule has 1 fully saturated rings. The summed E-state index contributed by atoms with van der Waals surface area (Å²) < 4.78 is 2.02. The zero-order valence-corrected chi connectivity index (χ0v) is 19.0. The number of halogens is 1. The Morgan fingerprint density at radius 1 is 1.22 bits per heavy atom. The van der Waals surface area contributed by atoms with E-state index in [0.717, 1.165) is 50.9 Å². The number of hydrogen-bond donors (Lipinski definition) is 1. The zero-order chi connectivity index (χ0) is 18.0. The molecule has 1 aromatic heterocycles. The van der Waals surface area contributed by atoms with Gasteiger partial charge in [-0.2, -0.15) is 0 Å². The van der Waals surface area contributed by atoms with Crippen molar-refractivity contribution in [3.63, 3.8) is 0 Å². The molecule has 148 valence electrons. The summed E-state index contributed by atoms with van der Waals surface area (Å²) in [4.78, 5) is 8.23. The fraction of sp³-hybridized carbons (Fsp3) is 0.526. The highest BCUT2D eigenvalue weighted by molar-refractivity contribution is 14.0. The van der Waals surface area contributed by atoms with Gasteiger partial charge in [-0.25, -0.2) is 0 Å². The summed E-state index contributed by atoms with van der Waals surface area (Å²) in [6.45, 7) is 4.12. The second-order valence-electron chi connectivity index (χ2n) is 6.61. The average Bonchev–Trinajstić information content (AvgIpc) is 3.36. The van der Waals surface area contributed by atoms with Gasteiger partial charge in [-0.3, -0.25) is 4.99 Å². The molecule has 27 heavy (non-hydrogen) atoms. The van der Waals surface area contributed by atoms with Crippen molar-refractivity contribution < 1.29 is 0 Å². The lowest BCUT2D eigenvalue weighted by Gasteiger charge is -2.21. The summed E-state index contributed by atoms with van der Waals surface area (Å²) in [5.74, 6) is 2.95. The highest BCUT2D eigenvalue weighted by atomic mass is 127.